The number of aromatic amines is 2. The normalized spacial score (nSPS) is 17.8. The van der Waals surface area contributed by atoms with Crippen LogP contribution in [0.15, 0.2) is 41.5 Å². The Labute approximate surface area is 142 Å². The van der Waals surface area contributed by atoms with Crippen LogP contribution in [0.25, 0.3) is 10.9 Å². The van der Waals surface area contributed by atoms with Crippen LogP contribution in [0, 0.1) is 5.82 Å². The molecule has 2 N–H and O–H groups in total. The second kappa shape index (κ2) is 6.16. The van der Waals surface area contributed by atoms with Crippen LogP contribution in [-0.4, -0.2) is 38.8 Å². The fourth-order valence-corrected chi connectivity index (χ4v) is 3.46. The van der Waals surface area contributed by atoms with Gasteiger partial charge < -0.3 is 14.9 Å². The Bertz CT molecular complexity index is 980. The maximum absolute atomic E-state index is 13.6. The van der Waals surface area contributed by atoms with E-state index in [1.54, 1.807) is 17.3 Å². The number of H-pyrrole nitrogens is 2. The van der Waals surface area contributed by atoms with E-state index in [0.29, 0.717) is 24.0 Å². The minimum Gasteiger partial charge on any atom is -0.348 e. The lowest BCUT2D eigenvalue weighted by molar-refractivity contribution is 0.0706. The van der Waals surface area contributed by atoms with Crippen molar-refractivity contribution in [2.24, 2.45) is 0 Å². The fourth-order valence-electron chi connectivity index (χ4n) is 3.46. The largest absolute Gasteiger partial charge is 0.348 e. The van der Waals surface area contributed by atoms with Gasteiger partial charge in [0.15, 0.2) is 0 Å². The molecule has 1 fully saturated rings. The highest BCUT2D eigenvalue weighted by Gasteiger charge is 2.28. The molecule has 2 aromatic heterocycles. The van der Waals surface area contributed by atoms with Crippen molar-refractivity contribution in [3.63, 3.8) is 0 Å². The molecule has 6 nitrogen and oxygen atoms in total. The van der Waals surface area contributed by atoms with E-state index in [9.17, 15) is 14.0 Å². The highest BCUT2D eigenvalue weighted by Crippen LogP contribution is 2.26. The second-order valence-electron chi connectivity index (χ2n) is 6.30. The topological polar surface area (TPSA) is 81.8 Å². The van der Waals surface area contributed by atoms with Crippen LogP contribution in [-0.2, 0) is 0 Å². The predicted octanol–water partition coefficient (Wildman–Crippen LogP) is 2.41. The summed E-state index contributed by atoms with van der Waals surface area (Å²) in [4.78, 5) is 36.6. The molecule has 1 atom stereocenters. The molecule has 128 valence electrons. The van der Waals surface area contributed by atoms with Gasteiger partial charge in [-0.05, 0) is 31.0 Å². The first-order valence-corrected chi connectivity index (χ1v) is 8.23. The Kier molecular flexibility index (Phi) is 3.83. The number of amides is 1. The molecule has 3 aromatic rings. The van der Waals surface area contributed by atoms with Gasteiger partial charge in [-0.1, -0.05) is 0 Å². The summed E-state index contributed by atoms with van der Waals surface area (Å²) in [5.41, 5.74) is 0.317. The van der Waals surface area contributed by atoms with Crippen molar-refractivity contribution in [3.8, 4) is 0 Å². The summed E-state index contributed by atoms with van der Waals surface area (Å²) in [7, 11) is 0. The number of carbonyl (C=O) groups is 1. The molecule has 0 unspecified atom stereocenters. The molecule has 0 aliphatic carbocycles. The summed E-state index contributed by atoms with van der Waals surface area (Å²) >= 11 is 0. The maximum atomic E-state index is 13.6. The molecule has 7 heteroatoms. The number of nitrogens with zero attached hydrogens (tertiary/aromatic N) is 2. The highest BCUT2D eigenvalue weighted by molar-refractivity contribution is 6.06. The fraction of sp³-hybridized carbons (Fsp3) is 0.278. The predicted molar refractivity (Wildman–Crippen MR) is 91.0 cm³/mol. The first-order valence-electron chi connectivity index (χ1n) is 8.23. The van der Waals surface area contributed by atoms with E-state index in [2.05, 4.69) is 15.0 Å². The summed E-state index contributed by atoms with van der Waals surface area (Å²) in [5, 5.41) is 0.421. The molecular weight excluding hydrogens is 323 g/mol. The van der Waals surface area contributed by atoms with Crippen molar-refractivity contribution < 1.29 is 9.18 Å². The summed E-state index contributed by atoms with van der Waals surface area (Å²) in [6.45, 7) is 1.13. The van der Waals surface area contributed by atoms with Crippen LogP contribution in [0.1, 0.15) is 34.9 Å². The molecule has 0 spiro atoms. The third kappa shape index (κ3) is 2.93. The standard InChI is InChI=1S/C18H17FN4O2/c19-12-3-4-15-13(8-12)14(9-16(24)22-15)18(25)23-7-1-2-11(10-23)17-20-5-6-21-17/h3-6,8-9,11H,1-2,7,10H2,(H,20,21)(H,22,24)/t11-/m0/s1. The van der Waals surface area contributed by atoms with Gasteiger partial charge in [-0.2, -0.15) is 0 Å². The van der Waals surface area contributed by atoms with Gasteiger partial charge in [0.1, 0.15) is 11.6 Å². The number of likely N-dealkylation sites (tertiary alicyclic amines) is 1. The van der Waals surface area contributed by atoms with Gasteiger partial charge in [0.05, 0.1) is 5.56 Å². The van der Waals surface area contributed by atoms with E-state index in [0.717, 1.165) is 18.7 Å². The van der Waals surface area contributed by atoms with Gasteiger partial charge in [-0.25, -0.2) is 9.37 Å². The monoisotopic (exact) mass is 340 g/mol. The molecule has 1 saturated heterocycles. The molecule has 0 saturated carbocycles. The smallest absolute Gasteiger partial charge is 0.254 e. The van der Waals surface area contributed by atoms with E-state index in [-0.39, 0.29) is 22.9 Å². The lowest BCUT2D eigenvalue weighted by Gasteiger charge is -2.32. The van der Waals surface area contributed by atoms with Crippen LogP contribution in [0.4, 0.5) is 4.39 Å². The number of nitrogens with one attached hydrogen (secondary N) is 2. The minimum atomic E-state index is -0.444. The van der Waals surface area contributed by atoms with Gasteiger partial charge >= 0.3 is 0 Å². The quantitative estimate of drug-likeness (QED) is 0.752. The van der Waals surface area contributed by atoms with Crippen molar-refractivity contribution >= 4 is 16.8 Å². The summed E-state index contributed by atoms with van der Waals surface area (Å²) in [5.74, 6) is 0.302. The van der Waals surface area contributed by atoms with Gasteiger partial charge in [-0.3, -0.25) is 9.59 Å². The number of benzene rings is 1. The van der Waals surface area contributed by atoms with Crippen LogP contribution < -0.4 is 5.56 Å². The zero-order valence-electron chi connectivity index (χ0n) is 13.5. The molecule has 1 aromatic carbocycles. The lowest BCUT2D eigenvalue weighted by atomic mass is 9.96. The van der Waals surface area contributed by atoms with Crippen molar-refractivity contribution in [2.75, 3.05) is 13.1 Å². The number of piperidine rings is 1. The molecule has 1 amide bonds. The van der Waals surface area contributed by atoms with E-state index in [4.69, 9.17) is 0 Å². The van der Waals surface area contributed by atoms with Gasteiger partial charge in [0.25, 0.3) is 5.91 Å². The molecule has 1 aliphatic heterocycles. The van der Waals surface area contributed by atoms with Crippen LogP contribution >= 0.6 is 0 Å². The first-order chi connectivity index (χ1) is 12.1. The molecule has 3 heterocycles. The third-order valence-electron chi connectivity index (χ3n) is 4.65. The maximum Gasteiger partial charge on any atom is 0.254 e. The van der Waals surface area contributed by atoms with E-state index in [1.807, 2.05) is 0 Å². The minimum absolute atomic E-state index is 0.137. The average molecular weight is 340 g/mol. The highest BCUT2D eigenvalue weighted by atomic mass is 19.1. The number of imidazole rings is 1. The van der Waals surface area contributed by atoms with E-state index >= 15 is 0 Å². The van der Waals surface area contributed by atoms with Gasteiger partial charge in [0, 0.05) is 48.4 Å². The van der Waals surface area contributed by atoms with Crippen LogP contribution in [0.2, 0.25) is 0 Å². The van der Waals surface area contributed by atoms with Gasteiger partial charge in [-0.15, -0.1) is 0 Å². The first kappa shape index (κ1) is 15.6. The Morgan fingerprint density at radius 2 is 2.20 bits per heavy atom. The zero-order chi connectivity index (χ0) is 17.4. The number of hydrogen-bond donors (Lipinski definition) is 2. The van der Waals surface area contributed by atoms with Crippen molar-refractivity contribution in [1.29, 1.82) is 0 Å². The SMILES string of the molecule is O=C(c1cc(=O)[nH]c2ccc(F)cc12)N1CCC[C@H](c2ncc[nH]2)C1. The summed E-state index contributed by atoms with van der Waals surface area (Å²) in [6.07, 6.45) is 5.26. The Morgan fingerprint density at radius 3 is 3.00 bits per heavy atom. The number of hydrogen-bond acceptors (Lipinski definition) is 3. The molecule has 0 bridgehead atoms. The summed E-state index contributed by atoms with van der Waals surface area (Å²) in [6, 6.07) is 5.28. The molecular formula is C18H17FN4O2. The number of carbonyl (C=O) groups excluding carboxylic acids is 1. The van der Waals surface area contributed by atoms with Crippen molar-refractivity contribution in [2.45, 2.75) is 18.8 Å². The van der Waals surface area contributed by atoms with Crippen molar-refractivity contribution in [1.82, 2.24) is 19.9 Å². The average Bonchev–Trinajstić information content (AvgIpc) is 3.16. The Morgan fingerprint density at radius 1 is 1.32 bits per heavy atom. The summed E-state index contributed by atoms with van der Waals surface area (Å²) < 4.78 is 13.6. The number of halogens is 1. The van der Waals surface area contributed by atoms with E-state index in [1.165, 1.54) is 24.3 Å². The second-order valence-corrected chi connectivity index (χ2v) is 6.30. The lowest BCUT2D eigenvalue weighted by Crippen LogP contribution is -2.39. The van der Waals surface area contributed by atoms with E-state index < -0.39 is 5.82 Å². The number of aromatic nitrogens is 3. The van der Waals surface area contributed by atoms with Crippen molar-refractivity contribution in [3.05, 3.63) is 64.2 Å². The third-order valence-corrected chi connectivity index (χ3v) is 4.65. The Hall–Kier alpha value is -2.96. The molecule has 4 rings (SSSR count). The zero-order valence-corrected chi connectivity index (χ0v) is 13.5. The molecule has 25 heavy (non-hydrogen) atoms. The van der Waals surface area contributed by atoms with Crippen LogP contribution in [0.3, 0.4) is 0 Å². The molecule has 0 radical (unpaired) electrons. The number of fused-ring (bicyclic) bond motifs is 1. The van der Waals surface area contributed by atoms with Crippen LogP contribution in [0.5, 0.6) is 0 Å². The van der Waals surface area contributed by atoms with Gasteiger partial charge in [0.2, 0.25) is 5.56 Å². The Balaban J connectivity index is 1.70. The number of pyridine rings is 1. The molecule has 1 aliphatic rings. The number of rotatable bonds is 2.